The van der Waals surface area contributed by atoms with Crippen LogP contribution >= 0.6 is 0 Å². The number of hydrogen-bond donors (Lipinski definition) is 1. The summed E-state index contributed by atoms with van der Waals surface area (Å²) in [6.45, 7) is 0.788. The average molecular weight is 397 g/mol. The summed E-state index contributed by atoms with van der Waals surface area (Å²) in [5.41, 5.74) is -2.51. The molecule has 2 heterocycles. The zero-order valence-electron chi connectivity index (χ0n) is 14.5. The Morgan fingerprint density at radius 3 is 2.57 bits per heavy atom. The average Bonchev–Trinajstić information content (AvgIpc) is 2.91. The highest BCUT2D eigenvalue weighted by molar-refractivity contribution is 6.27. The van der Waals surface area contributed by atoms with Crippen LogP contribution in [0.4, 0.5) is 13.2 Å². The van der Waals surface area contributed by atoms with Gasteiger partial charge < -0.3 is 9.52 Å². The Morgan fingerprint density at radius 2 is 2.00 bits per heavy atom. The molecule has 28 heavy (non-hydrogen) atoms. The lowest BCUT2D eigenvalue weighted by molar-refractivity contribution is -0.141. The first kappa shape index (κ1) is 19.5. The second kappa shape index (κ2) is 7.06. The second-order valence-electron chi connectivity index (χ2n) is 6.16. The Morgan fingerprint density at radius 1 is 1.29 bits per heavy atom. The summed E-state index contributed by atoms with van der Waals surface area (Å²) in [5, 5.41) is 13.7. The summed E-state index contributed by atoms with van der Waals surface area (Å²) >= 11 is 0. The number of pyridine rings is 1. The number of aliphatic hydroxyl groups is 1. The predicted octanol–water partition coefficient (Wildman–Crippen LogP) is 2.35. The number of Topliss-reactive ketones (excluding diaryl/α,β-unsaturated/α-hetero) is 2. The SMILES string of the molecule is Cc1nn(Cc2nc(C(F)(F)F)ccc2C(=O)C2=C(O)CCCC2=O)c(=O)o1. The van der Waals surface area contributed by atoms with Crippen molar-refractivity contribution in [1.29, 1.82) is 0 Å². The van der Waals surface area contributed by atoms with Crippen LogP contribution in [0.1, 0.15) is 46.9 Å². The Bertz CT molecular complexity index is 1050. The summed E-state index contributed by atoms with van der Waals surface area (Å²) in [4.78, 5) is 40.0. The molecule has 0 radical (unpaired) electrons. The first-order valence-corrected chi connectivity index (χ1v) is 8.19. The van der Waals surface area contributed by atoms with Gasteiger partial charge in [-0.05, 0) is 18.6 Å². The number of ketones is 2. The van der Waals surface area contributed by atoms with E-state index in [1.54, 1.807) is 0 Å². The molecule has 0 fully saturated rings. The van der Waals surface area contributed by atoms with E-state index in [1.807, 2.05) is 0 Å². The van der Waals surface area contributed by atoms with Gasteiger partial charge in [0.1, 0.15) is 17.0 Å². The van der Waals surface area contributed by atoms with Crippen molar-refractivity contribution < 1.29 is 32.3 Å². The number of hydrogen-bond acceptors (Lipinski definition) is 7. The molecule has 0 aromatic carbocycles. The van der Waals surface area contributed by atoms with E-state index in [2.05, 4.69) is 10.1 Å². The molecule has 1 N–H and O–H groups in total. The van der Waals surface area contributed by atoms with Gasteiger partial charge in [-0.3, -0.25) is 9.59 Å². The quantitative estimate of drug-likeness (QED) is 0.622. The molecule has 0 saturated carbocycles. The van der Waals surface area contributed by atoms with E-state index >= 15 is 0 Å². The first-order chi connectivity index (χ1) is 13.1. The Hall–Kier alpha value is -3.24. The van der Waals surface area contributed by atoms with Crippen LogP contribution in [-0.4, -0.2) is 31.4 Å². The third kappa shape index (κ3) is 3.73. The monoisotopic (exact) mass is 397 g/mol. The van der Waals surface area contributed by atoms with E-state index in [4.69, 9.17) is 4.42 Å². The maximum absolute atomic E-state index is 13.0. The molecule has 1 aliphatic rings. The van der Waals surface area contributed by atoms with E-state index in [0.717, 1.165) is 6.07 Å². The van der Waals surface area contributed by atoms with Crippen molar-refractivity contribution in [2.75, 3.05) is 0 Å². The molecular formula is C17H14F3N3O5. The highest BCUT2D eigenvalue weighted by Crippen LogP contribution is 2.30. The molecule has 0 unspecified atom stereocenters. The van der Waals surface area contributed by atoms with Crippen molar-refractivity contribution >= 4 is 11.6 Å². The third-order valence-electron chi connectivity index (χ3n) is 4.13. The van der Waals surface area contributed by atoms with Gasteiger partial charge in [-0.1, -0.05) is 0 Å². The normalized spacial score (nSPS) is 15.2. The first-order valence-electron chi connectivity index (χ1n) is 8.19. The minimum absolute atomic E-state index is 0.0207. The standard InChI is InChI=1S/C17H14F3N3O5/c1-8-22-23(16(27)28-8)7-10-9(5-6-13(21-10)17(18,19)20)15(26)14-11(24)3-2-4-12(14)25/h5-6,24H,2-4,7H2,1H3. The molecule has 2 aromatic heterocycles. The van der Waals surface area contributed by atoms with Crippen LogP contribution in [0.25, 0.3) is 0 Å². The highest BCUT2D eigenvalue weighted by Gasteiger charge is 2.35. The highest BCUT2D eigenvalue weighted by atomic mass is 19.4. The molecule has 0 aliphatic heterocycles. The van der Waals surface area contributed by atoms with E-state index in [9.17, 15) is 32.7 Å². The molecule has 8 nitrogen and oxygen atoms in total. The van der Waals surface area contributed by atoms with Gasteiger partial charge in [-0.15, -0.1) is 5.10 Å². The zero-order valence-corrected chi connectivity index (χ0v) is 14.5. The van der Waals surface area contributed by atoms with Crippen molar-refractivity contribution in [2.24, 2.45) is 0 Å². The number of aryl methyl sites for hydroxylation is 1. The fraction of sp³-hybridized carbons (Fsp3) is 0.353. The van der Waals surface area contributed by atoms with Crippen LogP contribution in [-0.2, 0) is 17.5 Å². The minimum Gasteiger partial charge on any atom is -0.511 e. The third-order valence-corrected chi connectivity index (χ3v) is 4.13. The Balaban J connectivity index is 2.12. The lowest BCUT2D eigenvalue weighted by Gasteiger charge is -2.16. The summed E-state index contributed by atoms with van der Waals surface area (Å²) < 4.78 is 44.6. The van der Waals surface area contributed by atoms with Gasteiger partial charge >= 0.3 is 11.9 Å². The molecule has 0 saturated heterocycles. The molecule has 11 heteroatoms. The maximum atomic E-state index is 13.0. The minimum atomic E-state index is -4.79. The lowest BCUT2D eigenvalue weighted by Crippen LogP contribution is -2.24. The molecule has 0 atom stereocenters. The molecule has 0 bridgehead atoms. The van der Waals surface area contributed by atoms with Crippen LogP contribution in [0, 0.1) is 6.92 Å². The number of carbonyl (C=O) groups is 2. The second-order valence-corrected chi connectivity index (χ2v) is 6.16. The van der Waals surface area contributed by atoms with Crippen molar-refractivity contribution in [3.05, 3.63) is 56.9 Å². The molecule has 148 valence electrons. The number of allylic oxidation sites excluding steroid dienone is 2. The van der Waals surface area contributed by atoms with Crippen LogP contribution in [0.3, 0.4) is 0 Å². The van der Waals surface area contributed by atoms with Crippen LogP contribution in [0.2, 0.25) is 0 Å². The lowest BCUT2D eigenvalue weighted by atomic mass is 9.90. The molecule has 1 aliphatic carbocycles. The number of halogens is 3. The van der Waals surface area contributed by atoms with E-state index in [0.29, 0.717) is 17.2 Å². The van der Waals surface area contributed by atoms with Crippen LogP contribution < -0.4 is 5.76 Å². The van der Waals surface area contributed by atoms with Gasteiger partial charge in [0.25, 0.3) is 0 Å². The topological polar surface area (TPSA) is 115 Å². The van der Waals surface area contributed by atoms with Gasteiger partial charge in [-0.25, -0.2) is 9.78 Å². The number of rotatable bonds is 4. The van der Waals surface area contributed by atoms with Gasteiger partial charge in [0.2, 0.25) is 11.7 Å². The van der Waals surface area contributed by atoms with E-state index in [-0.39, 0.29) is 24.3 Å². The molecule has 0 amide bonds. The number of aromatic nitrogens is 3. The largest absolute Gasteiger partial charge is 0.511 e. The smallest absolute Gasteiger partial charge is 0.437 e. The number of carbonyl (C=O) groups excluding carboxylic acids is 2. The Kier molecular flexibility index (Phi) is 4.92. The maximum Gasteiger partial charge on any atom is 0.437 e. The molecule has 2 aromatic rings. The number of alkyl halides is 3. The summed E-state index contributed by atoms with van der Waals surface area (Å²) in [7, 11) is 0. The fourth-order valence-corrected chi connectivity index (χ4v) is 2.86. The summed E-state index contributed by atoms with van der Waals surface area (Å²) in [5.74, 6) is -2.93. The van der Waals surface area contributed by atoms with Gasteiger partial charge in [-0.2, -0.15) is 17.9 Å². The van der Waals surface area contributed by atoms with Gasteiger partial charge in [0.05, 0.1) is 12.2 Å². The number of nitrogens with zero attached hydrogens (tertiary/aromatic N) is 3. The van der Waals surface area contributed by atoms with Gasteiger partial charge in [0.15, 0.2) is 5.78 Å². The van der Waals surface area contributed by atoms with Gasteiger partial charge in [0, 0.05) is 25.3 Å². The van der Waals surface area contributed by atoms with Crippen molar-refractivity contribution in [2.45, 2.75) is 38.9 Å². The van der Waals surface area contributed by atoms with Crippen molar-refractivity contribution in [3.63, 3.8) is 0 Å². The molecule has 3 rings (SSSR count). The van der Waals surface area contributed by atoms with Crippen molar-refractivity contribution in [1.82, 2.24) is 14.8 Å². The van der Waals surface area contributed by atoms with E-state index < -0.39 is 52.8 Å². The predicted molar refractivity (Wildman–Crippen MR) is 86.7 cm³/mol. The Labute approximate surface area is 155 Å². The van der Waals surface area contributed by atoms with Crippen LogP contribution in [0.5, 0.6) is 0 Å². The molecular weight excluding hydrogens is 383 g/mol. The van der Waals surface area contributed by atoms with E-state index in [1.165, 1.54) is 6.92 Å². The summed E-state index contributed by atoms with van der Waals surface area (Å²) in [6, 6.07) is 1.46. The molecule has 0 spiro atoms. The zero-order chi connectivity index (χ0) is 20.6. The van der Waals surface area contributed by atoms with Crippen molar-refractivity contribution in [3.8, 4) is 0 Å². The fourth-order valence-electron chi connectivity index (χ4n) is 2.86. The summed E-state index contributed by atoms with van der Waals surface area (Å²) in [6.07, 6.45) is -4.27. The number of aliphatic hydroxyl groups excluding tert-OH is 1. The van der Waals surface area contributed by atoms with Crippen LogP contribution in [0.15, 0.2) is 32.7 Å².